The van der Waals surface area contributed by atoms with Gasteiger partial charge in [-0.2, -0.15) is 0 Å². The van der Waals surface area contributed by atoms with Crippen LogP contribution in [-0.4, -0.2) is 28.0 Å². The molecule has 1 aromatic heterocycles. The van der Waals surface area contributed by atoms with Gasteiger partial charge in [0.1, 0.15) is 5.82 Å². The first-order valence-electron chi connectivity index (χ1n) is 10.1. The number of halogens is 1. The van der Waals surface area contributed by atoms with Crippen molar-refractivity contribution in [1.29, 1.82) is 0 Å². The lowest BCUT2D eigenvalue weighted by molar-refractivity contribution is -0.384. The number of nitrogens with zero attached hydrogens (tertiary/aromatic N) is 2. The van der Waals surface area contributed by atoms with E-state index in [1.807, 2.05) is 18.2 Å². The number of methoxy groups -OCH3 is 1. The predicted octanol–water partition coefficient (Wildman–Crippen LogP) is 4.63. The van der Waals surface area contributed by atoms with Crippen LogP contribution >= 0.6 is 23.4 Å². The highest BCUT2D eigenvalue weighted by molar-refractivity contribution is 7.98. The fraction of sp³-hybridized carbons (Fsp3) is 0.174. The molecule has 0 fully saturated rings. The number of H-pyrrole nitrogens is 1. The van der Waals surface area contributed by atoms with Gasteiger partial charge in [0.25, 0.3) is 11.2 Å². The number of esters is 1. The molecule has 4 rings (SSSR count). The maximum absolute atomic E-state index is 13.2. The molecule has 0 saturated heterocycles. The highest BCUT2D eigenvalue weighted by atomic mass is 35.5. The van der Waals surface area contributed by atoms with Crippen LogP contribution in [0, 0.1) is 10.1 Å². The zero-order valence-electron chi connectivity index (χ0n) is 18.1. The molecule has 0 bridgehead atoms. The summed E-state index contributed by atoms with van der Waals surface area (Å²) in [7, 11) is 1.24. The quantitative estimate of drug-likeness (QED) is 0.165. The number of hydrogen-bond donors (Lipinski definition) is 2. The summed E-state index contributed by atoms with van der Waals surface area (Å²) in [5.41, 5.74) is 1.46. The molecule has 0 saturated carbocycles. The molecule has 1 unspecified atom stereocenters. The van der Waals surface area contributed by atoms with Crippen molar-refractivity contribution in [1.82, 2.24) is 9.97 Å². The Hall–Kier alpha value is -3.63. The van der Waals surface area contributed by atoms with Gasteiger partial charge in [0.2, 0.25) is 0 Å². The van der Waals surface area contributed by atoms with Gasteiger partial charge < -0.3 is 15.0 Å². The number of aromatic nitrogens is 2. The zero-order chi connectivity index (χ0) is 24.4. The Labute approximate surface area is 203 Å². The molecule has 174 valence electrons. The van der Waals surface area contributed by atoms with Crippen LogP contribution in [0.4, 0.5) is 11.5 Å². The number of hydrogen-bond acceptors (Lipinski definition) is 8. The number of nitro groups is 1. The number of non-ortho nitro benzene ring substituents is 1. The second-order valence-corrected chi connectivity index (χ2v) is 8.83. The summed E-state index contributed by atoms with van der Waals surface area (Å²) in [5.74, 6) is -0.795. The Morgan fingerprint density at radius 1 is 1.26 bits per heavy atom. The van der Waals surface area contributed by atoms with Crippen LogP contribution in [0.15, 0.2) is 69.8 Å². The number of thioether (sulfide) groups is 1. The lowest BCUT2D eigenvalue weighted by Gasteiger charge is -2.28. The molecular formula is C23H19ClN4O5S. The Bertz CT molecular complexity index is 1390. The Morgan fingerprint density at radius 2 is 2.03 bits per heavy atom. The number of nitrogens with one attached hydrogen (secondary N) is 2. The first kappa shape index (κ1) is 23.5. The number of carbonyl (C=O) groups is 1. The lowest BCUT2D eigenvalue weighted by Crippen LogP contribution is -2.31. The number of aromatic amines is 1. The molecule has 0 spiro atoms. The molecule has 3 aromatic rings. The summed E-state index contributed by atoms with van der Waals surface area (Å²) in [6, 6.07) is 13.2. The van der Waals surface area contributed by atoms with E-state index in [0.29, 0.717) is 27.2 Å². The van der Waals surface area contributed by atoms with Gasteiger partial charge in [-0.15, -0.1) is 0 Å². The van der Waals surface area contributed by atoms with Crippen molar-refractivity contribution >= 4 is 40.8 Å². The smallest absolute Gasteiger partial charge is 0.336 e. The molecule has 0 amide bonds. The molecule has 0 aliphatic carbocycles. The number of fused-ring (bicyclic) bond motifs is 1. The Kier molecular flexibility index (Phi) is 6.71. The van der Waals surface area contributed by atoms with E-state index in [2.05, 4.69) is 15.3 Å². The SMILES string of the molecule is COC(=O)C1=C(C)Nc2nc(SCc3ccccc3Cl)[nH]c(=O)c2C1c1cccc([N+](=O)[O-])c1. The van der Waals surface area contributed by atoms with Crippen LogP contribution in [0.25, 0.3) is 0 Å². The van der Waals surface area contributed by atoms with Crippen LogP contribution in [0.2, 0.25) is 5.02 Å². The monoisotopic (exact) mass is 498 g/mol. The number of benzene rings is 2. The molecule has 2 heterocycles. The molecule has 2 aromatic carbocycles. The van der Waals surface area contributed by atoms with E-state index in [-0.39, 0.29) is 22.6 Å². The molecule has 0 radical (unpaired) electrons. The van der Waals surface area contributed by atoms with Gasteiger partial charge in [-0.25, -0.2) is 9.78 Å². The van der Waals surface area contributed by atoms with Crippen LogP contribution in [0.1, 0.15) is 29.5 Å². The van der Waals surface area contributed by atoms with E-state index < -0.39 is 22.4 Å². The van der Waals surface area contributed by atoms with Crippen molar-refractivity contribution in [3.63, 3.8) is 0 Å². The molecule has 34 heavy (non-hydrogen) atoms. The maximum atomic E-state index is 13.2. The molecule has 1 aliphatic rings. The molecule has 9 nitrogen and oxygen atoms in total. The average molecular weight is 499 g/mol. The Balaban J connectivity index is 1.80. The maximum Gasteiger partial charge on any atom is 0.336 e. The molecule has 1 aliphatic heterocycles. The van der Waals surface area contributed by atoms with E-state index in [9.17, 15) is 19.7 Å². The third-order valence-corrected chi connectivity index (χ3v) is 6.65. The van der Waals surface area contributed by atoms with E-state index in [4.69, 9.17) is 16.3 Å². The van der Waals surface area contributed by atoms with Gasteiger partial charge in [0.05, 0.1) is 29.1 Å². The lowest BCUT2D eigenvalue weighted by atomic mass is 9.82. The van der Waals surface area contributed by atoms with Crippen LogP contribution in [0.3, 0.4) is 0 Å². The Morgan fingerprint density at radius 3 is 2.74 bits per heavy atom. The van der Waals surface area contributed by atoms with Gasteiger partial charge in [-0.3, -0.25) is 14.9 Å². The summed E-state index contributed by atoms with van der Waals surface area (Å²) in [6.07, 6.45) is 0. The fourth-order valence-corrected chi connectivity index (χ4v) is 4.94. The van der Waals surface area contributed by atoms with Crippen molar-refractivity contribution in [3.8, 4) is 0 Å². The van der Waals surface area contributed by atoms with Gasteiger partial charge in [-0.05, 0) is 24.1 Å². The van der Waals surface area contributed by atoms with Crippen molar-refractivity contribution < 1.29 is 14.5 Å². The van der Waals surface area contributed by atoms with E-state index in [1.54, 1.807) is 19.1 Å². The van der Waals surface area contributed by atoms with Crippen molar-refractivity contribution in [2.45, 2.75) is 23.8 Å². The number of allylic oxidation sites excluding steroid dienone is 1. The zero-order valence-corrected chi connectivity index (χ0v) is 19.7. The van der Waals surface area contributed by atoms with Gasteiger partial charge in [-0.1, -0.05) is 53.7 Å². The predicted molar refractivity (Wildman–Crippen MR) is 129 cm³/mol. The van der Waals surface area contributed by atoms with E-state index in [0.717, 1.165) is 5.56 Å². The van der Waals surface area contributed by atoms with Crippen LogP contribution in [-0.2, 0) is 15.3 Å². The first-order chi connectivity index (χ1) is 16.3. The number of anilines is 1. The van der Waals surface area contributed by atoms with Crippen molar-refractivity contribution in [3.05, 3.63) is 102 Å². The van der Waals surface area contributed by atoms with E-state index in [1.165, 1.54) is 37.1 Å². The van der Waals surface area contributed by atoms with Crippen LogP contribution in [0.5, 0.6) is 0 Å². The van der Waals surface area contributed by atoms with E-state index >= 15 is 0 Å². The third kappa shape index (κ3) is 4.55. The van der Waals surface area contributed by atoms with Gasteiger partial charge in [0.15, 0.2) is 5.16 Å². The number of nitro benzene ring substituents is 1. The minimum Gasteiger partial charge on any atom is -0.466 e. The third-order valence-electron chi connectivity index (χ3n) is 5.36. The van der Waals surface area contributed by atoms with Gasteiger partial charge >= 0.3 is 5.97 Å². The topological polar surface area (TPSA) is 127 Å². The summed E-state index contributed by atoms with van der Waals surface area (Å²) < 4.78 is 4.95. The molecule has 1 atom stereocenters. The molecule has 11 heteroatoms. The average Bonchev–Trinajstić information content (AvgIpc) is 2.82. The molecule has 2 N–H and O–H groups in total. The summed E-state index contributed by atoms with van der Waals surface area (Å²) in [5, 5.41) is 15.3. The second-order valence-electron chi connectivity index (χ2n) is 7.45. The first-order valence-corrected chi connectivity index (χ1v) is 11.5. The highest BCUT2D eigenvalue weighted by Crippen LogP contribution is 2.41. The minimum absolute atomic E-state index is 0.157. The molecular weight excluding hydrogens is 480 g/mol. The van der Waals surface area contributed by atoms with Crippen molar-refractivity contribution in [2.24, 2.45) is 0 Å². The minimum atomic E-state index is -0.900. The fourth-order valence-electron chi connectivity index (χ4n) is 3.79. The van der Waals surface area contributed by atoms with Gasteiger partial charge in [0, 0.05) is 28.6 Å². The number of carbonyl (C=O) groups excluding carboxylic acids is 1. The highest BCUT2D eigenvalue weighted by Gasteiger charge is 2.36. The number of ether oxygens (including phenoxy) is 1. The largest absolute Gasteiger partial charge is 0.466 e. The van der Waals surface area contributed by atoms with Crippen LogP contribution < -0.4 is 10.9 Å². The summed E-state index contributed by atoms with van der Waals surface area (Å²) in [6.45, 7) is 1.67. The normalized spacial score (nSPS) is 14.9. The van der Waals surface area contributed by atoms with Crippen molar-refractivity contribution in [2.75, 3.05) is 12.4 Å². The summed E-state index contributed by atoms with van der Waals surface area (Å²) >= 11 is 7.52. The standard InChI is InChI=1S/C23H19ClN4O5S/c1-12-17(22(30)33-2)18(13-7-5-8-15(10-13)28(31)32)19-20(25-12)26-23(27-21(19)29)34-11-14-6-3-4-9-16(14)24/h3-10,18H,11H2,1-2H3,(H2,25,26,27,29). The summed E-state index contributed by atoms with van der Waals surface area (Å²) in [4.78, 5) is 44.0. The number of rotatable bonds is 6. The second kappa shape index (κ2) is 9.70.